The number of phenolic OH excluding ortho intramolecular Hbond substituents is 2. The van der Waals surface area contributed by atoms with Gasteiger partial charge in [-0.05, 0) is 45.9 Å². The van der Waals surface area contributed by atoms with Crippen LogP contribution >= 0.6 is 0 Å². The summed E-state index contributed by atoms with van der Waals surface area (Å²) in [6.45, 7) is 12.0. The highest BCUT2D eigenvalue weighted by atomic mass is 16.3. The molecule has 0 heterocycles. The van der Waals surface area contributed by atoms with Crippen LogP contribution in [-0.2, 0) is 10.8 Å². The van der Waals surface area contributed by atoms with Gasteiger partial charge in [-0.1, -0.05) is 65.8 Å². The number of carbonyl (C=O) groups is 1. The number of aromatic hydroxyl groups is 2. The number of rotatable bonds is 2. The van der Waals surface area contributed by atoms with Gasteiger partial charge < -0.3 is 10.2 Å². The molecule has 0 unspecified atom stereocenters. The summed E-state index contributed by atoms with van der Waals surface area (Å²) >= 11 is 0. The third-order valence-electron chi connectivity index (χ3n) is 5.06. The molecule has 1 amide bonds. The second-order valence-corrected chi connectivity index (χ2v) is 9.61. The SMILES string of the molecule is CC(C)(C)c1cc(N=NC(=O)c2cc3ccccc3cc2O)cc(C(C)(C)C)c1O. The summed E-state index contributed by atoms with van der Waals surface area (Å²) in [5, 5.41) is 30.7. The summed E-state index contributed by atoms with van der Waals surface area (Å²) in [5.41, 5.74) is 1.45. The number of carbonyl (C=O) groups excluding carboxylic acids is 1. The van der Waals surface area contributed by atoms with Gasteiger partial charge in [0.25, 0.3) is 5.91 Å². The number of nitrogens with zero attached hydrogens (tertiary/aromatic N) is 2. The summed E-state index contributed by atoms with van der Waals surface area (Å²) in [4.78, 5) is 12.6. The van der Waals surface area contributed by atoms with E-state index in [9.17, 15) is 15.0 Å². The van der Waals surface area contributed by atoms with Gasteiger partial charge in [-0.15, -0.1) is 10.2 Å². The lowest BCUT2D eigenvalue weighted by molar-refractivity contribution is 0.0992. The van der Waals surface area contributed by atoms with Crippen LogP contribution in [0.25, 0.3) is 10.8 Å². The van der Waals surface area contributed by atoms with E-state index in [-0.39, 0.29) is 27.9 Å². The van der Waals surface area contributed by atoms with Crippen LogP contribution in [0.5, 0.6) is 11.5 Å². The minimum Gasteiger partial charge on any atom is -0.507 e. The Morgan fingerprint density at radius 1 is 0.800 bits per heavy atom. The molecule has 5 heteroatoms. The van der Waals surface area contributed by atoms with E-state index in [1.165, 1.54) is 0 Å². The molecule has 3 aromatic carbocycles. The predicted octanol–water partition coefficient (Wildman–Crippen LogP) is 6.77. The highest BCUT2D eigenvalue weighted by molar-refractivity contribution is 6.01. The Bertz CT molecular complexity index is 1110. The van der Waals surface area contributed by atoms with Gasteiger partial charge in [0.2, 0.25) is 0 Å². The molecule has 0 saturated carbocycles. The minimum absolute atomic E-state index is 0.100. The molecule has 0 saturated heterocycles. The molecule has 3 rings (SSSR count). The number of benzene rings is 3. The first kappa shape index (κ1) is 21.5. The molecule has 0 aromatic heterocycles. The molecular formula is C25H28N2O3. The number of fused-ring (bicyclic) bond motifs is 1. The molecule has 0 bridgehead atoms. The van der Waals surface area contributed by atoms with Crippen molar-refractivity contribution in [1.82, 2.24) is 0 Å². The zero-order chi connectivity index (χ0) is 22.3. The van der Waals surface area contributed by atoms with Crippen LogP contribution in [0.15, 0.2) is 58.8 Å². The highest BCUT2D eigenvalue weighted by Crippen LogP contribution is 2.41. The molecule has 30 heavy (non-hydrogen) atoms. The molecule has 0 radical (unpaired) electrons. The minimum atomic E-state index is -0.624. The van der Waals surface area contributed by atoms with Crippen LogP contribution in [0.2, 0.25) is 0 Å². The van der Waals surface area contributed by atoms with E-state index >= 15 is 0 Å². The highest BCUT2D eigenvalue weighted by Gasteiger charge is 2.26. The van der Waals surface area contributed by atoms with Gasteiger partial charge in [0, 0.05) is 11.1 Å². The van der Waals surface area contributed by atoms with Gasteiger partial charge in [0.05, 0.1) is 11.3 Å². The Balaban J connectivity index is 2.03. The largest absolute Gasteiger partial charge is 0.507 e. The third kappa shape index (κ3) is 4.35. The standard InChI is InChI=1S/C25H28N2O3/c1-24(2,3)19-13-17(14-20(22(19)29)25(4,5)6)26-27-23(30)18-11-15-9-7-8-10-16(15)12-21(18)28/h7-14,28-29H,1-6H3. The van der Waals surface area contributed by atoms with Crippen LogP contribution in [0, 0.1) is 0 Å². The fourth-order valence-corrected chi connectivity index (χ4v) is 3.38. The zero-order valence-electron chi connectivity index (χ0n) is 18.3. The van der Waals surface area contributed by atoms with Crippen molar-refractivity contribution >= 4 is 22.4 Å². The topological polar surface area (TPSA) is 82.2 Å². The lowest BCUT2D eigenvalue weighted by Crippen LogP contribution is -2.16. The molecule has 2 N–H and O–H groups in total. The summed E-state index contributed by atoms with van der Waals surface area (Å²) in [7, 11) is 0. The normalized spacial score (nSPS) is 12.6. The quantitative estimate of drug-likeness (QED) is 0.462. The van der Waals surface area contributed by atoms with Gasteiger partial charge in [0.15, 0.2) is 0 Å². The van der Waals surface area contributed by atoms with Crippen LogP contribution in [0.1, 0.15) is 63.0 Å². The van der Waals surface area contributed by atoms with E-state index in [0.717, 1.165) is 21.9 Å². The molecular weight excluding hydrogens is 376 g/mol. The molecule has 0 spiro atoms. The zero-order valence-corrected chi connectivity index (χ0v) is 18.3. The van der Waals surface area contributed by atoms with E-state index in [1.54, 1.807) is 24.3 Å². The van der Waals surface area contributed by atoms with Crippen molar-refractivity contribution in [2.75, 3.05) is 0 Å². The van der Waals surface area contributed by atoms with Crippen molar-refractivity contribution < 1.29 is 15.0 Å². The smallest absolute Gasteiger partial charge is 0.299 e. The molecule has 0 fully saturated rings. The van der Waals surface area contributed by atoms with Crippen molar-refractivity contribution in [2.24, 2.45) is 10.2 Å². The average Bonchev–Trinajstić information content (AvgIpc) is 2.64. The molecule has 0 aliphatic heterocycles. The first-order valence-corrected chi connectivity index (χ1v) is 9.94. The number of phenols is 2. The third-order valence-corrected chi connectivity index (χ3v) is 5.06. The lowest BCUT2D eigenvalue weighted by Gasteiger charge is -2.27. The molecule has 156 valence electrons. The van der Waals surface area contributed by atoms with Crippen LogP contribution in [-0.4, -0.2) is 16.1 Å². The Labute approximate surface area is 177 Å². The van der Waals surface area contributed by atoms with E-state index in [4.69, 9.17) is 0 Å². The number of hydrogen-bond acceptors (Lipinski definition) is 4. The second kappa shape index (κ2) is 7.56. The molecule has 0 aliphatic rings. The van der Waals surface area contributed by atoms with E-state index in [1.807, 2.05) is 65.8 Å². The van der Waals surface area contributed by atoms with Gasteiger partial charge in [0.1, 0.15) is 11.5 Å². The maximum Gasteiger partial charge on any atom is 0.299 e. The van der Waals surface area contributed by atoms with E-state index < -0.39 is 5.91 Å². The fourth-order valence-electron chi connectivity index (χ4n) is 3.38. The Morgan fingerprint density at radius 2 is 1.30 bits per heavy atom. The first-order chi connectivity index (χ1) is 13.9. The van der Waals surface area contributed by atoms with Crippen molar-refractivity contribution in [1.29, 1.82) is 0 Å². The summed E-state index contributed by atoms with van der Waals surface area (Å²) < 4.78 is 0. The van der Waals surface area contributed by atoms with Gasteiger partial charge in [-0.2, -0.15) is 0 Å². The monoisotopic (exact) mass is 404 g/mol. The van der Waals surface area contributed by atoms with E-state index in [2.05, 4.69) is 10.2 Å². The number of azo groups is 1. The lowest BCUT2D eigenvalue weighted by atomic mass is 9.79. The van der Waals surface area contributed by atoms with Crippen molar-refractivity contribution in [3.8, 4) is 11.5 Å². The maximum atomic E-state index is 12.6. The first-order valence-electron chi connectivity index (χ1n) is 9.94. The van der Waals surface area contributed by atoms with Crippen molar-refractivity contribution in [2.45, 2.75) is 52.4 Å². The van der Waals surface area contributed by atoms with E-state index in [0.29, 0.717) is 5.69 Å². The Hall–Kier alpha value is -3.21. The predicted molar refractivity (Wildman–Crippen MR) is 120 cm³/mol. The van der Waals surface area contributed by atoms with Crippen LogP contribution in [0.4, 0.5) is 5.69 Å². The molecule has 5 nitrogen and oxygen atoms in total. The average molecular weight is 405 g/mol. The molecule has 0 aliphatic carbocycles. The number of hydrogen-bond donors (Lipinski definition) is 2. The Kier molecular flexibility index (Phi) is 5.42. The van der Waals surface area contributed by atoms with Gasteiger partial charge >= 0.3 is 0 Å². The van der Waals surface area contributed by atoms with Gasteiger partial charge in [-0.25, -0.2) is 0 Å². The summed E-state index contributed by atoms with van der Waals surface area (Å²) in [5.74, 6) is -0.512. The molecule has 3 aromatic rings. The fraction of sp³-hybridized carbons (Fsp3) is 0.320. The summed E-state index contributed by atoms with van der Waals surface area (Å²) in [6, 6.07) is 14.1. The number of amides is 1. The molecule has 0 atom stereocenters. The second-order valence-electron chi connectivity index (χ2n) is 9.61. The Morgan fingerprint density at radius 3 is 1.80 bits per heavy atom. The maximum absolute atomic E-state index is 12.6. The van der Waals surface area contributed by atoms with Crippen LogP contribution in [0.3, 0.4) is 0 Å². The van der Waals surface area contributed by atoms with Gasteiger partial charge in [-0.3, -0.25) is 4.79 Å². The summed E-state index contributed by atoms with van der Waals surface area (Å²) in [6.07, 6.45) is 0. The van der Waals surface area contributed by atoms with Crippen LogP contribution < -0.4 is 0 Å². The van der Waals surface area contributed by atoms with Crippen molar-refractivity contribution in [3.63, 3.8) is 0 Å². The van der Waals surface area contributed by atoms with Crippen molar-refractivity contribution in [3.05, 3.63) is 65.2 Å².